The third kappa shape index (κ3) is 2.38. The summed E-state index contributed by atoms with van der Waals surface area (Å²) >= 11 is 1.50. The van der Waals surface area contributed by atoms with Crippen molar-refractivity contribution in [1.82, 2.24) is 0 Å². The molecule has 0 aliphatic carbocycles. The molecule has 0 radical (unpaired) electrons. The number of hydrogen-bond donors (Lipinski definition) is 1. The second-order valence-corrected chi connectivity index (χ2v) is 4.81. The summed E-state index contributed by atoms with van der Waals surface area (Å²) in [6.45, 7) is 4.42. The number of phenols is 1. The lowest BCUT2D eigenvalue weighted by atomic mass is 10.1. The molecule has 1 N–H and O–H groups in total. The highest BCUT2D eigenvalue weighted by Gasteiger charge is 2.18. The Morgan fingerprint density at radius 2 is 2.17 bits per heavy atom. The number of thiophene rings is 1. The third-order valence-electron chi connectivity index (χ3n) is 2.81. The summed E-state index contributed by atoms with van der Waals surface area (Å²) in [5.41, 5.74) is 2.41. The predicted molar refractivity (Wildman–Crippen MR) is 74.5 cm³/mol. The normalized spacial score (nSPS) is 10.3. The van der Waals surface area contributed by atoms with E-state index in [0.717, 1.165) is 11.3 Å². The highest BCUT2D eigenvalue weighted by atomic mass is 32.1. The zero-order chi connectivity index (χ0) is 13.1. The first-order chi connectivity index (χ1) is 8.63. The number of amides is 1. The second-order valence-electron chi connectivity index (χ2n) is 4.03. The Morgan fingerprint density at radius 1 is 1.39 bits per heavy atom. The summed E-state index contributed by atoms with van der Waals surface area (Å²) in [5.74, 6) is 0.139. The Bertz CT molecular complexity index is 549. The van der Waals surface area contributed by atoms with Gasteiger partial charge in [-0.2, -0.15) is 11.3 Å². The molecule has 1 amide bonds. The summed E-state index contributed by atoms with van der Waals surface area (Å²) in [6, 6.07) is 6.88. The molecule has 4 heteroatoms. The van der Waals surface area contributed by atoms with Gasteiger partial charge in [0.25, 0.3) is 5.91 Å². The van der Waals surface area contributed by atoms with E-state index in [1.165, 1.54) is 11.3 Å². The van der Waals surface area contributed by atoms with Gasteiger partial charge in [0.15, 0.2) is 0 Å². The molecule has 1 aromatic carbocycles. The van der Waals surface area contributed by atoms with Crippen LogP contribution in [0.1, 0.15) is 22.8 Å². The summed E-state index contributed by atoms with van der Waals surface area (Å²) in [5, 5.41) is 13.3. The molecule has 2 aromatic rings. The van der Waals surface area contributed by atoms with E-state index in [4.69, 9.17) is 0 Å². The van der Waals surface area contributed by atoms with Crippen molar-refractivity contribution in [3.8, 4) is 5.75 Å². The number of aromatic hydroxyl groups is 1. The van der Waals surface area contributed by atoms with Crippen LogP contribution in [0.3, 0.4) is 0 Å². The van der Waals surface area contributed by atoms with Crippen molar-refractivity contribution in [1.29, 1.82) is 0 Å². The predicted octanol–water partition coefficient (Wildman–Crippen LogP) is 3.43. The number of aryl methyl sites for hydroxylation is 1. The lowest BCUT2D eigenvalue weighted by Gasteiger charge is -2.22. The number of anilines is 1. The lowest BCUT2D eigenvalue weighted by molar-refractivity contribution is 0.0988. The SMILES string of the molecule is CCN(C(=O)c1ccsc1)c1cc(O)ccc1C. The minimum absolute atomic E-state index is 0.0348. The van der Waals surface area contributed by atoms with E-state index < -0.39 is 0 Å². The summed E-state index contributed by atoms with van der Waals surface area (Å²) in [7, 11) is 0. The maximum absolute atomic E-state index is 12.4. The minimum Gasteiger partial charge on any atom is -0.508 e. The van der Waals surface area contributed by atoms with Gasteiger partial charge in [-0.05, 0) is 36.9 Å². The molecule has 94 valence electrons. The molecule has 0 atom stereocenters. The Balaban J connectivity index is 2.39. The number of rotatable bonds is 3. The molecular formula is C14H15NO2S. The van der Waals surface area contributed by atoms with Crippen LogP contribution in [0.4, 0.5) is 5.69 Å². The largest absolute Gasteiger partial charge is 0.508 e. The van der Waals surface area contributed by atoms with E-state index in [2.05, 4.69) is 0 Å². The maximum Gasteiger partial charge on any atom is 0.259 e. The summed E-state index contributed by atoms with van der Waals surface area (Å²) in [6.07, 6.45) is 0. The molecule has 0 aliphatic rings. The first-order valence-corrected chi connectivity index (χ1v) is 6.71. The van der Waals surface area contributed by atoms with Crippen molar-refractivity contribution in [2.75, 3.05) is 11.4 Å². The zero-order valence-corrected chi connectivity index (χ0v) is 11.2. The highest BCUT2D eigenvalue weighted by molar-refractivity contribution is 7.08. The Hall–Kier alpha value is -1.81. The molecule has 0 fully saturated rings. The number of nitrogens with zero attached hydrogens (tertiary/aromatic N) is 1. The van der Waals surface area contributed by atoms with E-state index in [-0.39, 0.29) is 11.7 Å². The monoisotopic (exact) mass is 261 g/mol. The number of carbonyl (C=O) groups is 1. The Labute approximate surface area is 110 Å². The van der Waals surface area contributed by atoms with Crippen molar-refractivity contribution in [2.24, 2.45) is 0 Å². The standard InChI is InChI=1S/C14H15NO2S/c1-3-15(14(17)11-6-7-18-9-11)13-8-12(16)5-4-10(13)2/h4-9,16H,3H2,1-2H3. The molecule has 0 bridgehead atoms. The van der Waals surface area contributed by atoms with Crippen molar-refractivity contribution in [3.05, 3.63) is 46.2 Å². The van der Waals surface area contributed by atoms with E-state index >= 15 is 0 Å². The van der Waals surface area contributed by atoms with Crippen LogP contribution in [0.5, 0.6) is 5.75 Å². The average Bonchev–Trinajstić information content (AvgIpc) is 2.88. The van der Waals surface area contributed by atoms with Crippen LogP contribution in [0.2, 0.25) is 0 Å². The first-order valence-electron chi connectivity index (χ1n) is 5.77. The fraction of sp³-hybridized carbons (Fsp3) is 0.214. The summed E-state index contributed by atoms with van der Waals surface area (Å²) in [4.78, 5) is 14.0. The Morgan fingerprint density at radius 3 is 2.78 bits per heavy atom. The number of phenolic OH excluding ortho intramolecular Hbond substituents is 1. The van der Waals surface area contributed by atoms with Gasteiger partial charge in [0, 0.05) is 18.0 Å². The van der Waals surface area contributed by atoms with E-state index in [0.29, 0.717) is 12.1 Å². The minimum atomic E-state index is -0.0348. The van der Waals surface area contributed by atoms with E-state index in [9.17, 15) is 9.90 Å². The smallest absolute Gasteiger partial charge is 0.259 e. The van der Waals surface area contributed by atoms with Crippen LogP contribution in [0.15, 0.2) is 35.0 Å². The van der Waals surface area contributed by atoms with Crippen LogP contribution in [-0.4, -0.2) is 17.6 Å². The molecule has 18 heavy (non-hydrogen) atoms. The molecule has 0 spiro atoms. The van der Waals surface area contributed by atoms with Crippen LogP contribution in [-0.2, 0) is 0 Å². The van der Waals surface area contributed by atoms with E-state index in [1.807, 2.05) is 36.7 Å². The maximum atomic E-state index is 12.4. The van der Waals surface area contributed by atoms with Crippen LogP contribution < -0.4 is 4.90 Å². The van der Waals surface area contributed by atoms with Crippen LogP contribution in [0.25, 0.3) is 0 Å². The van der Waals surface area contributed by atoms with Gasteiger partial charge in [0.05, 0.1) is 11.3 Å². The molecular weight excluding hydrogens is 246 g/mol. The van der Waals surface area contributed by atoms with Crippen molar-refractivity contribution >= 4 is 22.9 Å². The number of benzene rings is 1. The molecule has 3 nitrogen and oxygen atoms in total. The van der Waals surface area contributed by atoms with Gasteiger partial charge in [0.1, 0.15) is 5.75 Å². The van der Waals surface area contributed by atoms with Crippen molar-refractivity contribution in [2.45, 2.75) is 13.8 Å². The molecule has 0 saturated carbocycles. The first kappa shape index (κ1) is 12.6. The molecule has 0 unspecified atom stereocenters. The van der Waals surface area contributed by atoms with Gasteiger partial charge in [-0.25, -0.2) is 0 Å². The molecule has 1 aromatic heterocycles. The van der Waals surface area contributed by atoms with Gasteiger partial charge in [-0.3, -0.25) is 4.79 Å². The topological polar surface area (TPSA) is 40.5 Å². The van der Waals surface area contributed by atoms with Crippen LogP contribution in [0, 0.1) is 6.92 Å². The summed E-state index contributed by atoms with van der Waals surface area (Å²) < 4.78 is 0. The van der Waals surface area contributed by atoms with Gasteiger partial charge in [-0.15, -0.1) is 0 Å². The fourth-order valence-electron chi connectivity index (χ4n) is 1.85. The molecule has 1 heterocycles. The molecule has 0 saturated heterocycles. The zero-order valence-electron chi connectivity index (χ0n) is 10.4. The van der Waals surface area contributed by atoms with Gasteiger partial charge in [0.2, 0.25) is 0 Å². The third-order valence-corrected chi connectivity index (χ3v) is 3.50. The molecule has 0 aliphatic heterocycles. The molecule has 2 rings (SSSR count). The lowest BCUT2D eigenvalue weighted by Crippen LogP contribution is -2.30. The Kier molecular flexibility index (Phi) is 3.67. The number of hydrogen-bond acceptors (Lipinski definition) is 3. The highest BCUT2D eigenvalue weighted by Crippen LogP contribution is 2.26. The van der Waals surface area contributed by atoms with Crippen molar-refractivity contribution in [3.63, 3.8) is 0 Å². The van der Waals surface area contributed by atoms with Crippen molar-refractivity contribution < 1.29 is 9.90 Å². The van der Waals surface area contributed by atoms with E-state index in [1.54, 1.807) is 17.0 Å². The van der Waals surface area contributed by atoms with Gasteiger partial charge in [-0.1, -0.05) is 6.07 Å². The van der Waals surface area contributed by atoms with Crippen LogP contribution >= 0.6 is 11.3 Å². The van der Waals surface area contributed by atoms with Gasteiger partial charge < -0.3 is 10.0 Å². The quantitative estimate of drug-likeness (QED) is 0.919. The second kappa shape index (κ2) is 5.23. The average molecular weight is 261 g/mol. The number of carbonyl (C=O) groups excluding carboxylic acids is 1. The van der Waals surface area contributed by atoms with Gasteiger partial charge >= 0.3 is 0 Å². The fourth-order valence-corrected chi connectivity index (χ4v) is 2.48.